The number of aryl methyl sites for hydroxylation is 1. The topological polar surface area (TPSA) is 83.9 Å². The number of rotatable bonds is 11. The number of carboxylic acids is 1. The van der Waals surface area contributed by atoms with Gasteiger partial charge in [-0.15, -0.1) is 0 Å². The SMILES string of the molecule is CCCC(CCCc1ccc(Sc2cccc(C(F)(F)F)c2)cc1Cl)(C(=O)O)N(C(=O)CC)C(=O)OC(C)(C)C. The van der Waals surface area contributed by atoms with Crippen molar-refractivity contribution < 1.29 is 37.4 Å². The van der Waals surface area contributed by atoms with E-state index in [1.165, 1.54) is 6.07 Å². The van der Waals surface area contributed by atoms with Crippen LogP contribution in [0.15, 0.2) is 52.3 Å². The standard InChI is InChI=1S/C29H35ClF3NO5S/c1-6-15-28(25(36)37,34(24(35)7-2)26(38)39-27(3,4)5)16-9-10-19-13-14-22(18-23(19)30)40-21-12-8-11-20(17-21)29(31,32)33/h8,11-14,17-18H,6-7,9-10,15-16H2,1-5H3,(H,36,37). The van der Waals surface area contributed by atoms with Crippen molar-refractivity contribution in [3.63, 3.8) is 0 Å². The Bertz CT molecular complexity index is 1210. The van der Waals surface area contributed by atoms with Crippen LogP contribution in [0.3, 0.4) is 0 Å². The van der Waals surface area contributed by atoms with E-state index in [2.05, 4.69) is 0 Å². The molecule has 2 amide bonds. The van der Waals surface area contributed by atoms with E-state index in [9.17, 15) is 32.7 Å². The highest BCUT2D eigenvalue weighted by molar-refractivity contribution is 7.99. The summed E-state index contributed by atoms with van der Waals surface area (Å²) in [7, 11) is 0. The number of ether oxygens (including phenoxy) is 1. The average molecular weight is 602 g/mol. The molecule has 220 valence electrons. The van der Waals surface area contributed by atoms with Crippen LogP contribution in [-0.4, -0.2) is 39.1 Å². The smallest absolute Gasteiger partial charge is 0.418 e. The Kier molecular flexibility index (Phi) is 11.5. The number of imide groups is 1. The highest BCUT2D eigenvalue weighted by atomic mass is 35.5. The van der Waals surface area contributed by atoms with Gasteiger partial charge >= 0.3 is 18.2 Å². The quantitative estimate of drug-likeness (QED) is 0.277. The Hall–Kier alpha value is -2.72. The minimum Gasteiger partial charge on any atom is -0.479 e. The molecule has 0 aliphatic rings. The first kappa shape index (κ1) is 33.5. The second-order valence-corrected chi connectivity index (χ2v) is 11.9. The van der Waals surface area contributed by atoms with Crippen LogP contribution in [0.4, 0.5) is 18.0 Å². The van der Waals surface area contributed by atoms with E-state index in [0.717, 1.165) is 28.8 Å². The van der Waals surface area contributed by atoms with E-state index in [1.54, 1.807) is 58.9 Å². The number of amides is 2. The first-order valence-electron chi connectivity index (χ1n) is 13.0. The Balaban J connectivity index is 2.26. The molecule has 0 radical (unpaired) electrons. The molecule has 0 saturated carbocycles. The van der Waals surface area contributed by atoms with Crippen LogP contribution in [0.5, 0.6) is 0 Å². The number of hydrogen-bond acceptors (Lipinski definition) is 5. The third-order valence-electron chi connectivity index (χ3n) is 6.08. The summed E-state index contributed by atoms with van der Waals surface area (Å²) in [6, 6.07) is 10.1. The number of benzene rings is 2. The largest absolute Gasteiger partial charge is 0.479 e. The van der Waals surface area contributed by atoms with Crippen molar-refractivity contribution in [3.8, 4) is 0 Å². The van der Waals surface area contributed by atoms with Gasteiger partial charge in [0.05, 0.1) is 5.56 Å². The predicted octanol–water partition coefficient (Wildman–Crippen LogP) is 8.63. The molecule has 0 aromatic heterocycles. The molecule has 0 aliphatic heterocycles. The van der Waals surface area contributed by atoms with Crippen molar-refractivity contribution in [2.24, 2.45) is 0 Å². The summed E-state index contributed by atoms with van der Waals surface area (Å²) in [5.74, 6) is -1.93. The van der Waals surface area contributed by atoms with Crippen LogP contribution >= 0.6 is 23.4 Å². The zero-order valence-electron chi connectivity index (χ0n) is 23.2. The minimum absolute atomic E-state index is 0.0157. The third kappa shape index (κ3) is 8.89. The number of aliphatic carboxylic acids is 1. The maximum Gasteiger partial charge on any atom is 0.418 e. The first-order valence-corrected chi connectivity index (χ1v) is 14.2. The number of hydrogen-bond donors (Lipinski definition) is 1. The molecule has 0 heterocycles. The van der Waals surface area contributed by atoms with Gasteiger partial charge in [-0.2, -0.15) is 13.2 Å². The summed E-state index contributed by atoms with van der Waals surface area (Å²) in [6.45, 7) is 8.24. The van der Waals surface area contributed by atoms with Crippen LogP contribution in [-0.2, 0) is 26.9 Å². The van der Waals surface area contributed by atoms with Gasteiger partial charge < -0.3 is 9.84 Å². The van der Waals surface area contributed by atoms with Gasteiger partial charge in [0.2, 0.25) is 5.91 Å². The molecule has 0 fully saturated rings. The number of halogens is 4. The van der Waals surface area contributed by atoms with Crippen molar-refractivity contribution in [2.75, 3.05) is 0 Å². The van der Waals surface area contributed by atoms with Gasteiger partial charge in [-0.1, -0.05) is 55.8 Å². The van der Waals surface area contributed by atoms with Gasteiger partial charge in [-0.3, -0.25) is 4.79 Å². The predicted molar refractivity (Wildman–Crippen MR) is 149 cm³/mol. The summed E-state index contributed by atoms with van der Waals surface area (Å²) in [6.07, 6.45) is -4.42. The van der Waals surface area contributed by atoms with E-state index in [0.29, 0.717) is 39.6 Å². The second-order valence-electron chi connectivity index (χ2n) is 10.4. The van der Waals surface area contributed by atoms with Crippen LogP contribution in [0.2, 0.25) is 5.02 Å². The van der Waals surface area contributed by atoms with E-state index in [1.807, 2.05) is 0 Å². The summed E-state index contributed by atoms with van der Waals surface area (Å²) < 4.78 is 44.5. The molecule has 6 nitrogen and oxygen atoms in total. The molecule has 1 N–H and O–H groups in total. The summed E-state index contributed by atoms with van der Waals surface area (Å²) in [5, 5.41) is 10.7. The molecule has 11 heteroatoms. The number of nitrogens with zero attached hydrogens (tertiary/aromatic N) is 1. The van der Waals surface area contributed by atoms with E-state index < -0.39 is 40.8 Å². The fourth-order valence-electron chi connectivity index (χ4n) is 4.29. The molecule has 2 aromatic carbocycles. The van der Waals surface area contributed by atoms with Crippen molar-refractivity contribution in [2.45, 2.75) is 100 Å². The molecule has 0 spiro atoms. The van der Waals surface area contributed by atoms with E-state index in [-0.39, 0.29) is 19.3 Å². The molecular weight excluding hydrogens is 567 g/mol. The van der Waals surface area contributed by atoms with Crippen LogP contribution < -0.4 is 0 Å². The Morgan fingerprint density at radius 1 is 1.00 bits per heavy atom. The van der Waals surface area contributed by atoms with Crippen molar-refractivity contribution in [1.29, 1.82) is 0 Å². The van der Waals surface area contributed by atoms with Crippen molar-refractivity contribution >= 4 is 41.3 Å². The lowest BCUT2D eigenvalue weighted by molar-refractivity contribution is -0.159. The maximum absolute atomic E-state index is 13.1. The molecule has 1 unspecified atom stereocenters. The molecule has 0 bridgehead atoms. The summed E-state index contributed by atoms with van der Waals surface area (Å²) in [4.78, 5) is 40.4. The molecule has 2 aromatic rings. The third-order valence-corrected chi connectivity index (χ3v) is 7.41. The van der Waals surface area contributed by atoms with Crippen LogP contribution in [0.1, 0.15) is 77.8 Å². The van der Waals surface area contributed by atoms with Crippen LogP contribution in [0.25, 0.3) is 0 Å². The van der Waals surface area contributed by atoms with Crippen LogP contribution in [0, 0.1) is 0 Å². The normalized spacial score (nSPS) is 13.4. The minimum atomic E-state index is -4.44. The Morgan fingerprint density at radius 2 is 1.65 bits per heavy atom. The summed E-state index contributed by atoms with van der Waals surface area (Å²) >= 11 is 7.62. The molecule has 1 atom stereocenters. The zero-order chi connectivity index (χ0) is 30.3. The molecule has 0 saturated heterocycles. The fraction of sp³-hybridized carbons (Fsp3) is 0.483. The lowest BCUT2D eigenvalue weighted by Crippen LogP contribution is -2.60. The maximum atomic E-state index is 13.1. The highest BCUT2D eigenvalue weighted by Gasteiger charge is 2.50. The fourth-order valence-corrected chi connectivity index (χ4v) is 5.55. The van der Waals surface area contributed by atoms with Gasteiger partial charge in [0.25, 0.3) is 0 Å². The van der Waals surface area contributed by atoms with Gasteiger partial charge in [0.15, 0.2) is 5.54 Å². The van der Waals surface area contributed by atoms with Crippen molar-refractivity contribution in [1.82, 2.24) is 4.90 Å². The van der Waals surface area contributed by atoms with Gasteiger partial charge in [0.1, 0.15) is 5.60 Å². The first-order chi connectivity index (χ1) is 18.5. The molecular formula is C29H35ClF3NO5S. The highest BCUT2D eigenvalue weighted by Crippen LogP contribution is 2.36. The van der Waals surface area contributed by atoms with Crippen molar-refractivity contribution in [3.05, 3.63) is 58.6 Å². The number of carbonyl (C=O) groups is 3. The Morgan fingerprint density at radius 3 is 2.17 bits per heavy atom. The summed E-state index contributed by atoms with van der Waals surface area (Å²) in [5.41, 5.74) is -2.76. The molecule has 40 heavy (non-hydrogen) atoms. The van der Waals surface area contributed by atoms with Gasteiger partial charge in [0, 0.05) is 21.2 Å². The number of alkyl halides is 3. The monoisotopic (exact) mass is 601 g/mol. The van der Waals surface area contributed by atoms with Gasteiger partial charge in [-0.25, -0.2) is 14.5 Å². The lowest BCUT2D eigenvalue weighted by atomic mass is 9.85. The lowest BCUT2D eigenvalue weighted by Gasteiger charge is -2.39. The van der Waals surface area contributed by atoms with E-state index >= 15 is 0 Å². The Labute approximate surface area is 242 Å². The number of carbonyl (C=O) groups excluding carboxylic acids is 2. The zero-order valence-corrected chi connectivity index (χ0v) is 24.8. The molecule has 2 rings (SSSR count). The van der Waals surface area contributed by atoms with Gasteiger partial charge in [-0.05, 0) is 82.3 Å². The molecule has 0 aliphatic carbocycles. The van der Waals surface area contributed by atoms with E-state index in [4.69, 9.17) is 16.3 Å². The number of carboxylic acid groups (broad SMARTS) is 1. The second kappa shape index (κ2) is 13.8. The average Bonchev–Trinajstić information content (AvgIpc) is 2.83.